The zero-order chi connectivity index (χ0) is 19.2. The van der Waals surface area contributed by atoms with Gasteiger partial charge in [0.05, 0.1) is 6.61 Å². The molecular formula is C21H32BrNO3. The highest BCUT2D eigenvalue weighted by atomic mass is 79.9. The molecule has 0 aromatic heterocycles. The summed E-state index contributed by atoms with van der Waals surface area (Å²) in [4.78, 5) is 13.9. The molecule has 0 radical (unpaired) electrons. The normalized spacial score (nSPS) is 15.8. The van der Waals surface area contributed by atoms with Gasteiger partial charge in [-0.15, -0.1) is 0 Å². The van der Waals surface area contributed by atoms with Gasteiger partial charge in [-0.25, -0.2) is 4.79 Å². The highest BCUT2D eigenvalue weighted by Crippen LogP contribution is 2.25. The van der Waals surface area contributed by atoms with Crippen LogP contribution in [0.3, 0.4) is 0 Å². The Morgan fingerprint density at radius 3 is 2.54 bits per heavy atom. The van der Waals surface area contributed by atoms with E-state index >= 15 is 0 Å². The number of rotatable bonds is 6. The number of piperidine rings is 1. The third-order valence-electron chi connectivity index (χ3n) is 4.67. The number of hydrogen-bond acceptors (Lipinski definition) is 3. The van der Waals surface area contributed by atoms with Crippen LogP contribution in [0.1, 0.15) is 58.4 Å². The minimum atomic E-state index is -0.415. The Balaban J connectivity index is 1.58. The summed E-state index contributed by atoms with van der Waals surface area (Å²) in [6.07, 6.45) is 5.44. The van der Waals surface area contributed by atoms with E-state index in [0.717, 1.165) is 49.2 Å². The van der Waals surface area contributed by atoms with E-state index in [0.29, 0.717) is 5.92 Å². The lowest BCUT2D eigenvalue weighted by Gasteiger charge is -2.33. The van der Waals surface area contributed by atoms with Gasteiger partial charge in [-0.1, -0.05) is 22.4 Å². The van der Waals surface area contributed by atoms with Gasteiger partial charge in [-0.2, -0.15) is 0 Å². The quantitative estimate of drug-likeness (QED) is 0.528. The van der Waals surface area contributed by atoms with Crippen molar-refractivity contribution in [3.63, 3.8) is 0 Å². The molecule has 0 unspecified atom stereocenters. The van der Waals surface area contributed by atoms with Crippen molar-refractivity contribution in [2.75, 3.05) is 19.7 Å². The second kappa shape index (κ2) is 9.63. The molecule has 0 spiro atoms. The zero-order valence-corrected chi connectivity index (χ0v) is 18.1. The first kappa shape index (κ1) is 21.1. The molecule has 146 valence electrons. The van der Waals surface area contributed by atoms with Crippen molar-refractivity contribution in [2.24, 2.45) is 5.92 Å². The Hall–Kier alpha value is -1.23. The summed E-state index contributed by atoms with van der Waals surface area (Å²) in [6, 6.07) is 6.10. The van der Waals surface area contributed by atoms with Crippen LogP contribution in [0, 0.1) is 12.8 Å². The molecule has 0 atom stereocenters. The number of aryl methyl sites for hydroxylation is 1. The number of amides is 1. The number of benzene rings is 1. The van der Waals surface area contributed by atoms with E-state index in [2.05, 4.69) is 28.9 Å². The van der Waals surface area contributed by atoms with Gasteiger partial charge < -0.3 is 14.4 Å². The second-order valence-corrected chi connectivity index (χ2v) is 9.02. The molecule has 0 saturated carbocycles. The van der Waals surface area contributed by atoms with Crippen molar-refractivity contribution in [3.05, 3.63) is 28.2 Å². The van der Waals surface area contributed by atoms with Crippen LogP contribution in [-0.4, -0.2) is 36.3 Å². The smallest absolute Gasteiger partial charge is 0.410 e. The highest BCUT2D eigenvalue weighted by molar-refractivity contribution is 9.10. The van der Waals surface area contributed by atoms with Crippen molar-refractivity contribution in [1.82, 2.24) is 4.90 Å². The van der Waals surface area contributed by atoms with Gasteiger partial charge in [0, 0.05) is 17.6 Å². The van der Waals surface area contributed by atoms with Crippen LogP contribution >= 0.6 is 15.9 Å². The molecule has 1 fully saturated rings. The molecule has 0 N–H and O–H groups in total. The van der Waals surface area contributed by atoms with Crippen molar-refractivity contribution in [3.8, 4) is 5.75 Å². The SMILES string of the molecule is Cc1cc(OCCCCC2CCN(C(=O)OC(C)(C)C)CC2)ccc1Br. The number of halogens is 1. The number of ether oxygens (including phenoxy) is 2. The van der Waals surface area contributed by atoms with Crippen LogP contribution in [0.15, 0.2) is 22.7 Å². The Labute approximate surface area is 166 Å². The first-order valence-electron chi connectivity index (χ1n) is 9.61. The maximum absolute atomic E-state index is 12.1. The summed E-state index contributed by atoms with van der Waals surface area (Å²) in [5.74, 6) is 1.65. The zero-order valence-electron chi connectivity index (χ0n) is 16.5. The molecule has 1 aromatic carbocycles. The molecular weight excluding hydrogens is 394 g/mol. The fourth-order valence-electron chi connectivity index (χ4n) is 3.16. The van der Waals surface area contributed by atoms with Crippen LogP contribution in [-0.2, 0) is 4.74 Å². The van der Waals surface area contributed by atoms with Crippen LogP contribution < -0.4 is 4.74 Å². The number of carbonyl (C=O) groups is 1. The molecule has 1 amide bonds. The third kappa shape index (κ3) is 7.18. The van der Waals surface area contributed by atoms with Gasteiger partial charge in [0.1, 0.15) is 11.4 Å². The fraction of sp³-hybridized carbons (Fsp3) is 0.667. The number of nitrogens with zero attached hydrogens (tertiary/aromatic N) is 1. The second-order valence-electron chi connectivity index (χ2n) is 8.17. The summed E-state index contributed by atoms with van der Waals surface area (Å²) < 4.78 is 12.4. The molecule has 1 saturated heterocycles. The van der Waals surface area contributed by atoms with E-state index in [1.54, 1.807) is 0 Å². The monoisotopic (exact) mass is 425 g/mol. The number of hydrogen-bond donors (Lipinski definition) is 0. The third-order valence-corrected chi connectivity index (χ3v) is 5.56. The maximum atomic E-state index is 12.1. The summed E-state index contributed by atoms with van der Waals surface area (Å²) >= 11 is 3.51. The predicted octanol–water partition coefficient (Wildman–Crippen LogP) is 5.95. The molecule has 2 rings (SSSR count). The lowest BCUT2D eigenvalue weighted by molar-refractivity contribution is 0.0180. The van der Waals surface area contributed by atoms with E-state index in [1.165, 1.54) is 18.4 Å². The number of likely N-dealkylation sites (tertiary alicyclic amines) is 1. The Bertz CT molecular complexity index is 589. The first-order valence-corrected chi connectivity index (χ1v) is 10.4. The summed E-state index contributed by atoms with van der Waals surface area (Å²) in [5.41, 5.74) is 0.778. The summed E-state index contributed by atoms with van der Waals surface area (Å²) in [6.45, 7) is 10.2. The minimum absolute atomic E-state index is 0.172. The summed E-state index contributed by atoms with van der Waals surface area (Å²) in [7, 11) is 0. The largest absolute Gasteiger partial charge is 0.494 e. The molecule has 5 heteroatoms. The minimum Gasteiger partial charge on any atom is -0.494 e. The van der Waals surface area contributed by atoms with Crippen molar-refractivity contribution in [2.45, 2.75) is 65.4 Å². The molecule has 1 aliphatic heterocycles. The molecule has 1 heterocycles. The van der Waals surface area contributed by atoms with Gasteiger partial charge >= 0.3 is 6.09 Å². The number of unbranched alkanes of at least 4 members (excludes halogenated alkanes) is 1. The topological polar surface area (TPSA) is 38.8 Å². The van der Waals surface area contributed by atoms with E-state index in [4.69, 9.17) is 9.47 Å². The molecule has 26 heavy (non-hydrogen) atoms. The average Bonchev–Trinajstić information content (AvgIpc) is 2.57. The molecule has 4 nitrogen and oxygen atoms in total. The average molecular weight is 426 g/mol. The van der Waals surface area contributed by atoms with Gasteiger partial charge in [-0.05, 0) is 83.1 Å². The van der Waals surface area contributed by atoms with Crippen molar-refractivity contribution < 1.29 is 14.3 Å². The van der Waals surface area contributed by atoms with Crippen LogP contribution in [0.5, 0.6) is 5.75 Å². The summed E-state index contributed by atoms with van der Waals surface area (Å²) in [5, 5.41) is 0. The Morgan fingerprint density at radius 1 is 1.23 bits per heavy atom. The molecule has 1 aliphatic rings. The Morgan fingerprint density at radius 2 is 1.92 bits per heavy atom. The maximum Gasteiger partial charge on any atom is 0.410 e. The van der Waals surface area contributed by atoms with E-state index in [-0.39, 0.29) is 6.09 Å². The van der Waals surface area contributed by atoms with Gasteiger partial charge in [0.2, 0.25) is 0 Å². The number of carbonyl (C=O) groups excluding carboxylic acids is 1. The molecule has 1 aromatic rings. The van der Waals surface area contributed by atoms with Crippen LogP contribution in [0.2, 0.25) is 0 Å². The molecule has 0 bridgehead atoms. The lowest BCUT2D eigenvalue weighted by Crippen LogP contribution is -2.41. The fourth-order valence-corrected chi connectivity index (χ4v) is 3.41. The standard InChI is InChI=1S/C21H32BrNO3/c1-16-15-18(8-9-19(16)22)25-14-6-5-7-17-10-12-23(13-11-17)20(24)26-21(2,3)4/h8-9,15,17H,5-7,10-14H2,1-4H3. The van der Waals surface area contributed by atoms with E-state index < -0.39 is 5.60 Å². The highest BCUT2D eigenvalue weighted by Gasteiger charge is 2.26. The predicted molar refractivity (Wildman–Crippen MR) is 109 cm³/mol. The lowest BCUT2D eigenvalue weighted by atomic mass is 9.92. The van der Waals surface area contributed by atoms with Gasteiger partial charge in [0.15, 0.2) is 0 Å². The Kier molecular flexibility index (Phi) is 7.81. The molecule has 0 aliphatic carbocycles. The van der Waals surface area contributed by atoms with Gasteiger partial charge in [0.25, 0.3) is 0 Å². The van der Waals surface area contributed by atoms with Crippen molar-refractivity contribution in [1.29, 1.82) is 0 Å². The van der Waals surface area contributed by atoms with E-state index in [9.17, 15) is 4.79 Å². The van der Waals surface area contributed by atoms with Crippen molar-refractivity contribution >= 4 is 22.0 Å². The van der Waals surface area contributed by atoms with Crippen LogP contribution in [0.25, 0.3) is 0 Å². The van der Waals surface area contributed by atoms with Crippen LogP contribution in [0.4, 0.5) is 4.79 Å². The first-order chi connectivity index (χ1) is 12.2. The van der Waals surface area contributed by atoms with Gasteiger partial charge in [-0.3, -0.25) is 0 Å². The van der Waals surface area contributed by atoms with E-state index in [1.807, 2.05) is 37.8 Å².